The summed E-state index contributed by atoms with van der Waals surface area (Å²) in [6.07, 6.45) is 1.76. The maximum absolute atomic E-state index is 11.4. The Morgan fingerprint density at radius 2 is 1.81 bits per heavy atom. The summed E-state index contributed by atoms with van der Waals surface area (Å²) < 4.78 is 1.08. The zero-order valence-electron chi connectivity index (χ0n) is 13.0. The average Bonchev–Trinajstić information content (AvgIpc) is 3.05. The van der Waals surface area contributed by atoms with Crippen LogP contribution in [0.4, 0.5) is 11.4 Å². The highest BCUT2D eigenvalue weighted by molar-refractivity contribution is 5.87. The van der Waals surface area contributed by atoms with Gasteiger partial charge in [-0.2, -0.15) is 5.10 Å². The van der Waals surface area contributed by atoms with E-state index in [1.54, 1.807) is 18.2 Å². The molecule has 2 aromatic carbocycles. The van der Waals surface area contributed by atoms with Gasteiger partial charge in [0.1, 0.15) is 17.1 Å². The molecular formula is C16H10N4O6. The van der Waals surface area contributed by atoms with Crippen molar-refractivity contribution in [3.05, 3.63) is 74.5 Å². The lowest BCUT2D eigenvalue weighted by molar-refractivity contribution is -0.394. The molecule has 0 aliphatic heterocycles. The number of nitro groups is 2. The Labute approximate surface area is 145 Å². The maximum atomic E-state index is 11.4. The van der Waals surface area contributed by atoms with E-state index in [0.717, 1.165) is 16.8 Å². The van der Waals surface area contributed by atoms with Gasteiger partial charge in [0.05, 0.1) is 21.5 Å². The van der Waals surface area contributed by atoms with Crippen LogP contribution in [0.5, 0.6) is 5.75 Å². The predicted octanol–water partition coefficient (Wildman–Crippen LogP) is 2.87. The molecule has 10 nitrogen and oxygen atoms in total. The van der Waals surface area contributed by atoms with Crippen molar-refractivity contribution in [1.29, 1.82) is 0 Å². The van der Waals surface area contributed by atoms with Gasteiger partial charge in [-0.15, -0.1) is 0 Å². The van der Waals surface area contributed by atoms with Crippen molar-refractivity contribution >= 4 is 17.7 Å². The van der Waals surface area contributed by atoms with Gasteiger partial charge in [-0.3, -0.25) is 25.0 Å². The van der Waals surface area contributed by atoms with Crippen molar-refractivity contribution in [3.63, 3.8) is 0 Å². The highest BCUT2D eigenvalue weighted by Gasteiger charge is 2.23. The Kier molecular flexibility index (Phi) is 4.15. The van der Waals surface area contributed by atoms with E-state index in [0.29, 0.717) is 6.29 Å². The third-order valence-corrected chi connectivity index (χ3v) is 3.64. The number of aromatic hydroxyl groups is 1. The van der Waals surface area contributed by atoms with Gasteiger partial charge in [0.15, 0.2) is 6.29 Å². The van der Waals surface area contributed by atoms with Crippen LogP contribution in [0.15, 0.2) is 48.7 Å². The summed E-state index contributed by atoms with van der Waals surface area (Å²) in [5.74, 6) is -0.112. The van der Waals surface area contributed by atoms with Crippen molar-refractivity contribution in [2.75, 3.05) is 0 Å². The summed E-state index contributed by atoms with van der Waals surface area (Å²) in [7, 11) is 0. The number of rotatable bonds is 5. The van der Waals surface area contributed by atoms with Gasteiger partial charge in [0.2, 0.25) is 0 Å². The van der Waals surface area contributed by atoms with Gasteiger partial charge in [0.25, 0.3) is 5.69 Å². The van der Waals surface area contributed by atoms with Gasteiger partial charge >= 0.3 is 5.69 Å². The molecule has 26 heavy (non-hydrogen) atoms. The lowest BCUT2D eigenvalue weighted by Gasteiger charge is -2.03. The smallest absolute Gasteiger partial charge is 0.301 e. The number of aldehydes is 1. The number of phenols is 1. The van der Waals surface area contributed by atoms with Gasteiger partial charge in [0, 0.05) is 17.8 Å². The molecule has 0 saturated heterocycles. The summed E-state index contributed by atoms with van der Waals surface area (Å²) >= 11 is 0. The number of carbonyl (C=O) groups excluding carboxylic acids is 1. The van der Waals surface area contributed by atoms with Crippen LogP contribution in [0.1, 0.15) is 10.4 Å². The third-order valence-electron chi connectivity index (χ3n) is 3.64. The number of hydrogen-bond acceptors (Lipinski definition) is 7. The standard InChI is InChI=1S/C16H10N4O6/c21-9-10-8-18(17-16(10)12-3-1-2-4-15(12)22)13-6-5-11(19(23)24)7-14(13)20(25)26/h1-9,22H. The molecule has 3 aromatic rings. The summed E-state index contributed by atoms with van der Waals surface area (Å²) in [4.78, 5) is 32.0. The third kappa shape index (κ3) is 2.86. The second-order valence-corrected chi connectivity index (χ2v) is 5.20. The Balaban J connectivity index is 2.20. The molecule has 0 radical (unpaired) electrons. The predicted molar refractivity (Wildman–Crippen MR) is 89.4 cm³/mol. The molecule has 0 bridgehead atoms. The fourth-order valence-corrected chi connectivity index (χ4v) is 2.45. The lowest BCUT2D eigenvalue weighted by atomic mass is 10.1. The van der Waals surface area contributed by atoms with E-state index < -0.39 is 21.2 Å². The fraction of sp³-hybridized carbons (Fsp3) is 0. The molecule has 1 aromatic heterocycles. The molecule has 0 atom stereocenters. The largest absolute Gasteiger partial charge is 0.507 e. The summed E-state index contributed by atoms with van der Waals surface area (Å²) in [6, 6.07) is 9.28. The number of benzene rings is 2. The summed E-state index contributed by atoms with van der Waals surface area (Å²) in [5.41, 5.74) is -0.527. The van der Waals surface area contributed by atoms with Crippen LogP contribution in [0.25, 0.3) is 16.9 Å². The van der Waals surface area contributed by atoms with Crippen LogP contribution in [0.3, 0.4) is 0 Å². The molecule has 0 fully saturated rings. The zero-order valence-corrected chi connectivity index (χ0v) is 13.0. The number of hydrogen-bond donors (Lipinski definition) is 1. The number of phenolic OH excluding ortho intramolecular Hbond substituents is 1. The van der Waals surface area contributed by atoms with Crippen LogP contribution in [0, 0.1) is 20.2 Å². The number of aromatic nitrogens is 2. The molecule has 0 unspecified atom stereocenters. The Hall–Kier alpha value is -4.08. The molecule has 0 spiro atoms. The van der Waals surface area contributed by atoms with Gasteiger partial charge in [-0.1, -0.05) is 12.1 Å². The van der Waals surface area contributed by atoms with Crippen LogP contribution < -0.4 is 0 Å². The van der Waals surface area contributed by atoms with Gasteiger partial charge in [-0.25, -0.2) is 4.68 Å². The molecule has 0 aliphatic rings. The van der Waals surface area contributed by atoms with E-state index in [9.17, 15) is 30.1 Å². The molecule has 1 N–H and O–H groups in total. The normalized spacial score (nSPS) is 10.5. The van der Waals surface area contributed by atoms with Crippen LogP contribution in [-0.2, 0) is 0 Å². The van der Waals surface area contributed by atoms with Crippen molar-refractivity contribution in [2.24, 2.45) is 0 Å². The number of non-ortho nitro benzene ring substituents is 1. The number of nitro benzene ring substituents is 2. The van der Waals surface area contributed by atoms with E-state index in [1.165, 1.54) is 18.3 Å². The molecule has 10 heteroatoms. The minimum Gasteiger partial charge on any atom is -0.507 e. The Morgan fingerprint density at radius 3 is 2.42 bits per heavy atom. The molecule has 0 saturated carbocycles. The first-order chi connectivity index (χ1) is 12.4. The van der Waals surface area contributed by atoms with E-state index in [-0.39, 0.29) is 28.3 Å². The summed E-state index contributed by atoms with van der Waals surface area (Å²) in [5, 5.41) is 36.2. The first-order valence-electron chi connectivity index (χ1n) is 7.18. The minimum absolute atomic E-state index is 0.0506. The van der Waals surface area contributed by atoms with E-state index in [1.807, 2.05) is 0 Å². The molecule has 130 valence electrons. The second-order valence-electron chi connectivity index (χ2n) is 5.20. The number of nitrogens with zero attached hydrogens (tertiary/aromatic N) is 4. The van der Waals surface area contributed by atoms with Gasteiger partial charge in [-0.05, 0) is 18.2 Å². The highest BCUT2D eigenvalue weighted by atomic mass is 16.6. The van der Waals surface area contributed by atoms with E-state index in [4.69, 9.17) is 0 Å². The molecule has 3 rings (SSSR count). The monoisotopic (exact) mass is 354 g/mol. The van der Waals surface area contributed by atoms with Crippen molar-refractivity contribution < 1.29 is 19.7 Å². The number of carbonyl (C=O) groups is 1. The SMILES string of the molecule is O=Cc1cn(-c2ccc([N+](=O)[O-])cc2[N+](=O)[O-])nc1-c1ccccc1O. The average molecular weight is 354 g/mol. The van der Waals surface area contributed by atoms with Crippen molar-refractivity contribution in [1.82, 2.24) is 9.78 Å². The zero-order chi connectivity index (χ0) is 18.8. The first kappa shape index (κ1) is 16.8. The Bertz CT molecular complexity index is 1040. The topological polar surface area (TPSA) is 141 Å². The second kappa shape index (κ2) is 6.43. The highest BCUT2D eigenvalue weighted by Crippen LogP contribution is 2.32. The molecular weight excluding hydrogens is 344 g/mol. The number of para-hydroxylation sites is 1. The Morgan fingerprint density at radius 1 is 1.08 bits per heavy atom. The van der Waals surface area contributed by atoms with E-state index in [2.05, 4.69) is 5.10 Å². The van der Waals surface area contributed by atoms with E-state index >= 15 is 0 Å². The molecule has 0 aliphatic carbocycles. The molecule has 1 heterocycles. The van der Waals surface area contributed by atoms with Gasteiger partial charge < -0.3 is 5.11 Å². The first-order valence-corrected chi connectivity index (χ1v) is 7.18. The van der Waals surface area contributed by atoms with Crippen LogP contribution >= 0.6 is 0 Å². The van der Waals surface area contributed by atoms with Crippen LogP contribution in [0.2, 0.25) is 0 Å². The maximum Gasteiger partial charge on any atom is 0.301 e. The van der Waals surface area contributed by atoms with Crippen LogP contribution in [-0.4, -0.2) is 31.0 Å². The fourth-order valence-electron chi connectivity index (χ4n) is 2.45. The lowest BCUT2D eigenvalue weighted by Crippen LogP contribution is -2.02. The minimum atomic E-state index is -0.774. The van der Waals surface area contributed by atoms with Crippen molar-refractivity contribution in [2.45, 2.75) is 0 Å². The van der Waals surface area contributed by atoms with Crippen molar-refractivity contribution in [3.8, 4) is 22.7 Å². The summed E-state index contributed by atoms with van der Waals surface area (Å²) in [6.45, 7) is 0. The quantitative estimate of drug-likeness (QED) is 0.422. The molecule has 0 amide bonds.